The molecule has 0 aromatic heterocycles. The van der Waals surface area contributed by atoms with E-state index in [9.17, 15) is 0 Å². The molecule has 18 heavy (non-hydrogen) atoms. The van der Waals surface area contributed by atoms with Gasteiger partial charge in [0.15, 0.2) is 0 Å². The standard InChI is InChI=1S/C14H18BrClN2/c15-11-4-5-13(16)14(9-11)18-8-2-7-17-6-1-3-12(17)10-18/h4-5,9,12H,1-3,6-8,10H2. The Kier molecular flexibility index (Phi) is 3.83. The summed E-state index contributed by atoms with van der Waals surface area (Å²) in [6, 6.07) is 6.86. The molecule has 2 saturated heterocycles. The summed E-state index contributed by atoms with van der Waals surface area (Å²) in [6.45, 7) is 4.76. The van der Waals surface area contributed by atoms with E-state index < -0.39 is 0 Å². The van der Waals surface area contributed by atoms with Gasteiger partial charge in [-0.15, -0.1) is 0 Å². The highest BCUT2D eigenvalue weighted by atomic mass is 79.9. The fraction of sp³-hybridized carbons (Fsp3) is 0.571. The average molecular weight is 330 g/mol. The molecule has 1 unspecified atom stereocenters. The fourth-order valence-corrected chi connectivity index (χ4v) is 3.74. The molecule has 1 aromatic rings. The van der Waals surface area contributed by atoms with Crippen molar-refractivity contribution in [3.63, 3.8) is 0 Å². The summed E-state index contributed by atoms with van der Waals surface area (Å²) in [5, 5.41) is 0.865. The van der Waals surface area contributed by atoms with Gasteiger partial charge in [-0.2, -0.15) is 0 Å². The SMILES string of the molecule is Clc1ccc(Br)cc1N1CCCN2CCCC2C1. The first kappa shape index (κ1) is 12.8. The van der Waals surface area contributed by atoms with Crippen LogP contribution in [0.15, 0.2) is 22.7 Å². The van der Waals surface area contributed by atoms with Gasteiger partial charge >= 0.3 is 0 Å². The summed E-state index contributed by atoms with van der Waals surface area (Å²) in [4.78, 5) is 5.11. The lowest BCUT2D eigenvalue weighted by atomic mass is 10.2. The van der Waals surface area contributed by atoms with E-state index in [4.69, 9.17) is 11.6 Å². The van der Waals surface area contributed by atoms with Crippen molar-refractivity contribution in [2.75, 3.05) is 31.1 Å². The predicted molar refractivity (Wildman–Crippen MR) is 80.6 cm³/mol. The van der Waals surface area contributed by atoms with Gasteiger partial charge < -0.3 is 4.90 Å². The van der Waals surface area contributed by atoms with Crippen LogP contribution in [0.2, 0.25) is 5.02 Å². The van der Waals surface area contributed by atoms with Crippen molar-refractivity contribution < 1.29 is 0 Å². The lowest BCUT2D eigenvalue weighted by Gasteiger charge is -2.28. The van der Waals surface area contributed by atoms with E-state index in [-0.39, 0.29) is 0 Å². The first-order chi connectivity index (χ1) is 8.74. The molecule has 1 aromatic carbocycles. The molecule has 2 heterocycles. The minimum absolute atomic E-state index is 0.725. The first-order valence-electron chi connectivity index (χ1n) is 6.68. The van der Waals surface area contributed by atoms with Crippen LogP contribution in [0.5, 0.6) is 0 Å². The number of rotatable bonds is 1. The molecule has 98 valence electrons. The van der Waals surface area contributed by atoms with E-state index in [0.717, 1.165) is 28.6 Å². The number of halogens is 2. The summed E-state index contributed by atoms with van der Waals surface area (Å²) in [6.07, 6.45) is 3.92. The first-order valence-corrected chi connectivity index (χ1v) is 7.85. The van der Waals surface area contributed by atoms with E-state index in [1.165, 1.54) is 38.0 Å². The molecule has 1 atom stereocenters. The molecule has 2 fully saturated rings. The monoisotopic (exact) mass is 328 g/mol. The van der Waals surface area contributed by atoms with Gasteiger partial charge in [-0.25, -0.2) is 0 Å². The summed E-state index contributed by atoms with van der Waals surface area (Å²) < 4.78 is 1.11. The Morgan fingerprint density at radius 1 is 1.17 bits per heavy atom. The summed E-state index contributed by atoms with van der Waals surface area (Å²) >= 11 is 9.89. The second kappa shape index (κ2) is 5.40. The molecule has 4 heteroatoms. The number of hydrogen-bond donors (Lipinski definition) is 0. The average Bonchev–Trinajstić information content (AvgIpc) is 2.70. The Morgan fingerprint density at radius 2 is 2.00 bits per heavy atom. The molecular formula is C14H18BrClN2. The van der Waals surface area contributed by atoms with Crippen LogP contribution in [0, 0.1) is 0 Å². The van der Waals surface area contributed by atoms with E-state index in [2.05, 4.69) is 31.8 Å². The smallest absolute Gasteiger partial charge is 0.0640 e. The molecule has 0 N–H and O–H groups in total. The van der Waals surface area contributed by atoms with Gasteiger partial charge in [0.25, 0.3) is 0 Å². The third-order valence-electron chi connectivity index (χ3n) is 4.05. The maximum atomic E-state index is 6.35. The fourth-order valence-electron chi connectivity index (χ4n) is 3.15. The Morgan fingerprint density at radius 3 is 2.89 bits per heavy atom. The van der Waals surface area contributed by atoms with Gasteiger partial charge in [-0.05, 0) is 44.0 Å². The molecule has 0 spiro atoms. The largest absolute Gasteiger partial charge is 0.369 e. The minimum Gasteiger partial charge on any atom is -0.369 e. The van der Waals surface area contributed by atoms with Gasteiger partial charge in [0.1, 0.15) is 0 Å². The van der Waals surface area contributed by atoms with E-state index >= 15 is 0 Å². The van der Waals surface area contributed by atoms with Crippen LogP contribution in [-0.4, -0.2) is 37.1 Å². The van der Waals surface area contributed by atoms with Crippen LogP contribution in [0.1, 0.15) is 19.3 Å². The van der Waals surface area contributed by atoms with Crippen molar-refractivity contribution in [2.24, 2.45) is 0 Å². The lowest BCUT2D eigenvalue weighted by molar-refractivity contribution is 0.273. The van der Waals surface area contributed by atoms with E-state index in [1.807, 2.05) is 12.1 Å². The second-order valence-corrected chi connectivity index (χ2v) is 6.55. The molecule has 2 aliphatic heterocycles. The van der Waals surface area contributed by atoms with Gasteiger partial charge in [0, 0.05) is 30.1 Å². The zero-order chi connectivity index (χ0) is 12.5. The van der Waals surface area contributed by atoms with Crippen LogP contribution in [0.3, 0.4) is 0 Å². The number of nitrogens with zero attached hydrogens (tertiary/aromatic N) is 2. The maximum Gasteiger partial charge on any atom is 0.0640 e. The van der Waals surface area contributed by atoms with Crippen molar-refractivity contribution in [1.29, 1.82) is 0 Å². The predicted octanol–water partition coefficient (Wildman–Crippen LogP) is 3.78. The summed E-state index contributed by atoms with van der Waals surface area (Å²) in [5.74, 6) is 0. The van der Waals surface area contributed by atoms with Crippen molar-refractivity contribution in [2.45, 2.75) is 25.3 Å². The Bertz CT molecular complexity index is 438. The highest BCUT2D eigenvalue weighted by Gasteiger charge is 2.29. The second-order valence-electron chi connectivity index (χ2n) is 5.23. The minimum atomic E-state index is 0.725. The third kappa shape index (κ3) is 2.54. The highest BCUT2D eigenvalue weighted by Crippen LogP contribution is 2.32. The number of fused-ring (bicyclic) bond motifs is 1. The van der Waals surface area contributed by atoms with Gasteiger partial charge in [0.05, 0.1) is 10.7 Å². The molecule has 0 saturated carbocycles. The van der Waals surface area contributed by atoms with Crippen LogP contribution in [0.4, 0.5) is 5.69 Å². The van der Waals surface area contributed by atoms with E-state index in [1.54, 1.807) is 0 Å². The zero-order valence-electron chi connectivity index (χ0n) is 10.4. The molecule has 0 bridgehead atoms. The van der Waals surface area contributed by atoms with Crippen LogP contribution in [-0.2, 0) is 0 Å². The molecule has 0 radical (unpaired) electrons. The van der Waals surface area contributed by atoms with Gasteiger partial charge in [-0.3, -0.25) is 4.90 Å². The summed E-state index contributed by atoms with van der Waals surface area (Å²) in [7, 11) is 0. The van der Waals surface area contributed by atoms with Crippen molar-refractivity contribution in [3.05, 3.63) is 27.7 Å². The zero-order valence-corrected chi connectivity index (χ0v) is 12.8. The van der Waals surface area contributed by atoms with Crippen LogP contribution >= 0.6 is 27.5 Å². The molecular weight excluding hydrogens is 312 g/mol. The maximum absolute atomic E-state index is 6.35. The number of hydrogen-bond acceptors (Lipinski definition) is 2. The van der Waals surface area contributed by atoms with Gasteiger partial charge in [-0.1, -0.05) is 27.5 Å². The normalized spacial score (nSPS) is 25.0. The summed E-state index contributed by atoms with van der Waals surface area (Å²) in [5.41, 5.74) is 1.18. The topological polar surface area (TPSA) is 6.48 Å². The van der Waals surface area contributed by atoms with Crippen molar-refractivity contribution >= 4 is 33.2 Å². The van der Waals surface area contributed by atoms with Gasteiger partial charge in [0.2, 0.25) is 0 Å². The molecule has 2 aliphatic rings. The Hall–Kier alpha value is -0.250. The van der Waals surface area contributed by atoms with Crippen LogP contribution < -0.4 is 4.90 Å². The van der Waals surface area contributed by atoms with Crippen molar-refractivity contribution in [3.8, 4) is 0 Å². The highest BCUT2D eigenvalue weighted by molar-refractivity contribution is 9.10. The third-order valence-corrected chi connectivity index (χ3v) is 4.87. The molecule has 0 aliphatic carbocycles. The molecule has 2 nitrogen and oxygen atoms in total. The quantitative estimate of drug-likeness (QED) is 0.774. The lowest BCUT2D eigenvalue weighted by Crippen LogP contribution is -2.36. The van der Waals surface area contributed by atoms with E-state index in [0.29, 0.717) is 0 Å². The Labute approximate surface area is 122 Å². The van der Waals surface area contributed by atoms with Crippen LogP contribution in [0.25, 0.3) is 0 Å². The molecule has 0 amide bonds. The Balaban J connectivity index is 1.84. The molecule has 3 rings (SSSR count). The number of anilines is 1. The van der Waals surface area contributed by atoms with Crippen molar-refractivity contribution in [1.82, 2.24) is 4.90 Å². The number of benzene rings is 1.